The largest absolute Gasteiger partial charge is 0.339 e. The molecule has 2 heterocycles. The molecule has 194 valence electrons. The molecule has 2 aromatic heterocycles. The number of anilines is 1. The number of aromatic nitrogens is 3. The van der Waals surface area contributed by atoms with E-state index in [1.807, 2.05) is 43.3 Å². The van der Waals surface area contributed by atoms with Crippen LogP contribution in [0.2, 0.25) is 0 Å². The summed E-state index contributed by atoms with van der Waals surface area (Å²) < 4.78 is 44.4. The molecule has 10 heteroatoms. The minimum absolute atomic E-state index is 0.0179. The van der Waals surface area contributed by atoms with Gasteiger partial charge in [0.05, 0.1) is 21.1 Å². The highest BCUT2D eigenvalue weighted by atomic mass is 32.1. The summed E-state index contributed by atoms with van der Waals surface area (Å²) in [6.07, 6.45) is -0.375. The van der Waals surface area contributed by atoms with Gasteiger partial charge in [0.25, 0.3) is 0 Å². The molecule has 0 N–H and O–H groups in total. The number of benzene rings is 2. The second kappa shape index (κ2) is 12.1. The summed E-state index contributed by atoms with van der Waals surface area (Å²) in [6.45, 7) is 5.67. The predicted octanol–water partition coefficient (Wildman–Crippen LogP) is 7.60. The molecule has 0 bridgehead atoms. The molecule has 0 aliphatic rings. The number of hydrogen-bond donors (Lipinski definition) is 0. The van der Waals surface area contributed by atoms with Crippen LogP contribution in [0.1, 0.15) is 55.3 Å². The Morgan fingerprint density at radius 3 is 2.65 bits per heavy atom. The van der Waals surface area contributed by atoms with Crippen LogP contribution in [0, 0.1) is 6.92 Å². The number of hydrogen-bond acceptors (Lipinski definition) is 6. The maximum absolute atomic E-state index is 13.3. The highest BCUT2D eigenvalue weighted by molar-refractivity contribution is 7.18. The first-order chi connectivity index (χ1) is 17.8. The number of aryl methyl sites for hydroxylation is 2. The Hall–Kier alpha value is -3.53. The van der Waals surface area contributed by atoms with Crippen LogP contribution in [0.3, 0.4) is 0 Å². The molecule has 0 saturated heterocycles. The van der Waals surface area contributed by atoms with Crippen molar-refractivity contribution in [1.29, 1.82) is 0 Å². The predicted molar refractivity (Wildman–Crippen MR) is 138 cm³/mol. The number of nitrogens with zero attached hydrogens (tertiary/aromatic N) is 4. The molecule has 4 aromatic rings. The molecule has 0 unspecified atom stereocenters. The minimum Gasteiger partial charge on any atom is -0.339 e. The zero-order valence-electron chi connectivity index (χ0n) is 20.4. The molecule has 0 aliphatic carbocycles. The van der Waals surface area contributed by atoms with Crippen LogP contribution in [-0.4, -0.2) is 27.6 Å². The molecule has 0 aliphatic heterocycles. The summed E-state index contributed by atoms with van der Waals surface area (Å²) in [7, 11) is 0. The summed E-state index contributed by atoms with van der Waals surface area (Å²) >= 11 is 1.63. The number of halogens is 3. The standard InChI is InChI=1S/C27H27F3N4O2S/c1-17(28)10-13-25(35)34(14-5-3-4-9-24-32-27(26(29)30)33-36-24)21-8-6-7-19(15-21)20-11-12-22-23(16-20)37-18(2)31-22/h6-8,11-12,15-16,26H,1,3-5,9-10,13-14H2,2H3. The molecule has 37 heavy (non-hydrogen) atoms. The average molecular weight is 529 g/mol. The van der Waals surface area contributed by atoms with E-state index in [-0.39, 0.29) is 24.6 Å². The van der Waals surface area contributed by atoms with Crippen LogP contribution in [0.25, 0.3) is 21.3 Å². The Morgan fingerprint density at radius 1 is 1.08 bits per heavy atom. The summed E-state index contributed by atoms with van der Waals surface area (Å²) in [5.74, 6) is -1.16. The van der Waals surface area contributed by atoms with Gasteiger partial charge in [-0.1, -0.05) is 36.4 Å². The normalized spacial score (nSPS) is 11.4. The van der Waals surface area contributed by atoms with Crippen LogP contribution in [0.15, 0.2) is 59.4 Å². The molecule has 4 rings (SSSR count). The highest BCUT2D eigenvalue weighted by Gasteiger charge is 2.18. The van der Waals surface area contributed by atoms with Gasteiger partial charge in [-0.3, -0.25) is 4.79 Å². The fourth-order valence-corrected chi connectivity index (χ4v) is 4.90. The number of carbonyl (C=O) groups excluding carboxylic acids is 1. The lowest BCUT2D eigenvalue weighted by Gasteiger charge is -2.23. The van der Waals surface area contributed by atoms with Gasteiger partial charge in [-0.05, 0) is 55.2 Å². The molecule has 0 saturated carbocycles. The number of alkyl halides is 2. The molecular weight excluding hydrogens is 501 g/mol. The van der Waals surface area contributed by atoms with Gasteiger partial charge in [-0.15, -0.1) is 11.3 Å². The molecule has 1 amide bonds. The van der Waals surface area contributed by atoms with E-state index in [4.69, 9.17) is 4.52 Å². The van der Waals surface area contributed by atoms with E-state index >= 15 is 0 Å². The van der Waals surface area contributed by atoms with Crippen molar-refractivity contribution in [1.82, 2.24) is 15.1 Å². The third-order valence-corrected chi connectivity index (χ3v) is 6.78. The SMILES string of the molecule is C=C(F)CCC(=O)N(CCCCCc1nc(C(F)F)no1)c1cccc(-c2ccc3nc(C)sc3c2)c1. The summed E-state index contributed by atoms with van der Waals surface area (Å²) in [6, 6.07) is 13.8. The number of thiazole rings is 1. The Morgan fingerprint density at radius 2 is 1.89 bits per heavy atom. The van der Waals surface area contributed by atoms with Crippen LogP contribution >= 0.6 is 11.3 Å². The van der Waals surface area contributed by atoms with Gasteiger partial charge in [0.2, 0.25) is 17.6 Å². The molecule has 0 atom stereocenters. The second-order valence-electron chi connectivity index (χ2n) is 8.69. The van der Waals surface area contributed by atoms with Crippen LogP contribution in [0.4, 0.5) is 18.9 Å². The molecular formula is C27H27F3N4O2S. The summed E-state index contributed by atoms with van der Waals surface area (Å²) in [4.78, 5) is 22.9. The smallest absolute Gasteiger partial charge is 0.300 e. The Balaban J connectivity index is 1.45. The zero-order valence-corrected chi connectivity index (χ0v) is 21.2. The van der Waals surface area contributed by atoms with E-state index in [0.717, 1.165) is 32.0 Å². The fourth-order valence-electron chi connectivity index (χ4n) is 4.03. The minimum atomic E-state index is -2.76. The van der Waals surface area contributed by atoms with Gasteiger partial charge >= 0.3 is 6.43 Å². The van der Waals surface area contributed by atoms with E-state index in [1.54, 1.807) is 16.2 Å². The van der Waals surface area contributed by atoms with Crippen molar-refractivity contribution in [3.05, 3.63) is 71.6 Å². The van der Waals surface area contributed by atoms with Gasteiger partial charge < -0.3 is 9.42 Å². The van der Waals surface area contributed by atoms with Crippen LogP contribution < -0.4 is 4.90 Å². The molecule has 2 aromatic carbocycles. The first-order valence-electron chi connectivity index (χ1n) is 12.0. The lowest BCUT2D eigenvalue weighted by Crippen LogP contribution is -2.31. The maximum Gasteiger partial charge on any atom is 0.300 e. The van der Waals surface area contributed by atoms with E-state index < -0.39 is 18.1 Å². The Kier molecular flexibility index (Phi) is 8.70. The van der Waals surface area contributed by atoms with E-state index in [1.165, 1.54) is 0 Å². The summed E-state index contributed by atoms with van der Waals surface area (Å²) in [5.41, 5.74) is 3.66. The monoisotopic (exact) mass is 528 g/mol. The lowest BCUT2D eigenvalue weighted by atomic mass is 10.0. The third-order valence-electron chi connectivity index (χ3n) is 5.85. The fraction of sp³-hybridized carbons (Fsp3) is 0.333. The van der Waals surface area contributed by atoms with E-state index in [2.05, 4.69) is 27.8 Å². The molecule has 0 spiro atoms. The van der Waals surface area contributed by atoms with Crippen molar-refractivity contribution in [3.63, 3.8) is 0 Å². The first-order valence-corrected chi connectivity index (χ1v) is 12.8. The van der Waals surface area contributed by atoms with E-state index in [0.29, 0.717) is 32.2 Å². The number of rotatable bonds is 12. The van der Waals surface area contributed by atoms with Crippen LogP contribution in [-0.2, 0) is 11.2 Å². The number of unbranched alkanes of at least 4 members (excludes halogenated alkanes) is 2. The van der Waals surface area contributed by atoms with Crippen LogP contribution in [0.5, 0.6) is 0 Å². The van der Waals surface area contributed by atoms with Crippen molar-refractivity contribution in [2.24, 2.45) is 0 Å². The van der Waals surface area contributed by atoms with Gasteiger partial charge in [0.1, 0.15) is 0 Å². The van der Waals surface area contributed by atoms with E-state index in [9.17, 15) is 18.0 Å². The van der Waals surface area contributed by atoms with Crippen molar-refractivity contribution in [2.75, 3.05) is 11.4 Å². The summed E-state index contributed by atoms with van der Waals surface area (Å²) in [5, 5.41) is 4.26. The molecule has 6 nitrogen and oxygen atoms in total. The zero-order chi connectivity index (χ0) is 26.4. The van der Waals surface area contributed by atoms with Crippen molar-refractivity contribution < 1.29 is 22.5 Å². The average Bonchev–Trinajstić information content (AvgIpc) is 3.50. The lowest BCUT2D eigenvalue weighted by molar-refractivity contribution is -0.118. The van der Waals surface area contributed by atoms with Gasteiger partial charge in [0, 0.05) is 31.5 Å². The Bertz CT molecular complexity index is 1390. The number of carbonyl (C=O) groups is 1. The Labute approximate surface area is 216 Å². The van der Waals surface area contributed by atoms with Crippen molar-refractivity contribution >= 4 is 33.1 Å². The molecule has 0 fully saturated rings. The first kappa shape index (κ1) is 26.5. The quantitative estimate of drug-likeness (QED) is 0.177. The van der Waals surface area contributed by atoms with Crippen molar-refractivity contribution in [2.45, 2.75) is 51.9 Å². The number of fused-ring (bicyclic) bond motifs is 1. The highest BCUT2D eigenvalue weighted by Crippen LogP contribution is 2.30. The maximum atomic E-state index is 13.3. The number of amides is 1. The van der Waals surface area contributed by atoms with Crippen molar-refractivity contribution in [3.8, 4) is 11.1 Å². The second-order valence-corrected chi connectivity index (χ2v) is 9.92. The van der Waals surface area contributed by atoms with Gasteiger partial charge in [0.15, 0.2) is 0 Å². The molecule has 0 radical (unpaired) electrons. The van der Waals surface area contributed by atoms with Gasteiger partial charge in [-0.2, -0.15) is 4.98 Å². The number of allylic oxidation sites excluding steroid dienone is 1. The van der Waals surface area contributed by atoms with Gasteiger partial charge in [-0.25, -0.2) is 18.2 Å². The topological polar surface area (TPSA) is 72.1 Å². The third kappa shape index (κ3) is 7.03.